The molecule has 0 aromatic heterocycles. The van der Waals surface area contributed by atoms with Gasteiger partial charge in [0.25, 0.3) is 5.91 Å². The number of amides is 3. The van der Waals surface area contributed by atoms with Crippen molar-refractivity contribution in [3.63, 3.8) is 0 Å². The Hall–Kier alpha value is -2.77. The van der Waals surface area contributed by atoms with Crippen LogP contribution in [0.2, 0.25) is 0 Å². The zero-order valence-electron chi connectivity index (χ0n) is 13.9. The molecule has 8 nitrogen and oxygen atoms in total. The number of anilines is 1. The SMILES string of the molecule is CCC(C)(NC(=O)c1ccc(OC)c(N2CCNC2=O)c1)C(=O)O. The summed E-state index contributed by atoms with van der Waals surface area (Å²) in [5.74, 6) is -1.17. The van der Waals surface area contributed by atoms with Gasteiger partial charge < -0.3 is 20.5 Å². The average Bonchev–Trinajstić information content (AvgIpc) is 2.99. The number of carboxylic acid groups (broad SMARTS) is 1. The smallest absolute Gasteiger partial charge is 0.329 e. The molecule has 2 rings (SSSR count). The quantitative estimate of drug-likeness (QED) is 0.724. The third-order valence-corrected chi connectivity index (χ3v) is 4.16. The number of hydrogen-bond donors (Lipinski definition) is 3. The number of carboxylic acids is 1. The van der Waals surface area contributed by atoms with Gasteiger partial charge in [0.05, 0.1) is 12.8 Å². The zero-order chi connectivity index (χ0) is 17.9. The topological polar surface area (TPSA) is 108 Å². The number of ether oxygens (including phenoxy) is 1. The van der Waals surface area contributed by atoms with E-state index >= 15 is 0 Å². The van der Waals surface area contributed by atoms with Crippen molar-refractivity contribution >= 4 is 23.6 Å². The Kier molecular flexibility index (Phi) is 4.96. The van der Waals surface area contributed by atoms with Crippen molar-refractivity contribution in [3.8, 4) is 5.75 Å². The number of rotatable bonds is 6. The van der Waals surface area contributed by atoms with Gasteiger partial charge in [0.2, 0.25) is 0 Å². The Morgan fingerprint density at radius 3 is 2.67 bits per heavy atom. The number of hydrogen-bond acceptors (Lipinski definition) is 4. The van der Waals surface area contributed by atoms with Gasteiger partial charge >= 0.3 is 12.0 Å². The molecule has 0 saturated carbocycles. The maximum absolute atomic E-state index is 12.4. The van der Waals surface area contributed by atoms with Gasteiger partial charge in [0.15, 0.2) is 0 Å². The molecule has 0 spiro atoms. The van der Waals surface area contributed by atoms with Crippen molar-refractivity contribution in [1.82, 2.24) is 10.6 Å². The van der Waals surface area contributed by atoms with Crippen LogP contribution in [0.5, 0.6) is 5.75 Å². The average molecular weight is 335 g/mol. The summed E-state index contributed by atoms with van der Waals surface area (Å²) in [7, 11) is 1.48. The third kappa shape index (κ3) is 3.27. The fraction of sp³-hybridized carbons (Fsp3) is 0.438. The van der Waals surface area contributed by atoms with E-state index in [1.54, 1.807) is 13.0 Å². The Morgan fingerprint density at radius 1 is 1.46 bits per heavy atom. The van der Waals surface area contributed by atoms with E-state index in [1.165, 1.54) is 31.1 Å². The van der Waals surface area contributed by atoms with Gasteiger partial charge in [-0.15, -0.1) is 0 Å². The highest BCUT2D eigenvalue weighted by Crippen LogP contribution is 2.30. The number of carbonyl (C=O) groups is 3. The predicted molar refractivity (Wildman–Crippen MR) is 87.5 cm³/mol. The molecule has 1 fully saturated rings. The van der Waals surface area contributed by atoms with E-state index < -0.39 is 17.4 Å². The molecule has 1 unspecified atom stereocenters. The van der Waals surface area contributed by atoms with Crippen LogP contribution in [0.25, 0.3) is 0 Å². The minimum atomic E-state index is -1.36. The molecule has 1 saturated heterocycles. The van der Waals surface area contributed by atoms with Crippen LogP contribution < -0.4 is 20.3 Å². The molecular formula is C16H21N3O5. The molecule has 0 aliphatic carbocycles. The largest absolute Gasteiger partial charge is 0.495 e. The summed E-state index contributed by atoms with van der Waals surface area (Å²) in [6.45, 7) is 4.10. The summed E-state index contributed by atoms with van der Waals surface area (Å²) in [6.07, 6.45) is 0.242. The molecular weight excluding hydrogens is 314 g/mol. The van der Waals surface area contributed by atoms with Crippen LogP contribution in [0.4, 0.5) is 10.5 Å². The molecule has 8 heteroatoms. The van der Waals surface area contributed by atoms with E-state index in [4.69, 9.17) is 4.74 Å². The van der Waals surface area contributed by atoms with Gasteiger partial charge in [-0.2, -0.15) is 0 Å². The van der Waals surface area contributed by atoms with E-state index in [-0.39, 0.29) is 18.0 Å². The van der Waals surface area contributed by atoms with E-state index in [1.807, 2.05) is 0 Å². The molecule has 3 amide bonds. The van der Waals surface area contributed by atoms with Crippen molar-refractivity contribution in [2.24, 2.45) is 0 Å². The number of carbonyl (C=O) groups excluding carboxylic acids is 2. The number of aliphatic carboxylic acids is 1. The third-order valence-electron chi connectivity index (χ3n) is 4.16. The molecule has 3 N–H and O–H groups in total. The summed E-state index contributed by atoms with van der Waals surface area (Å²) in [6, 6.07) is 4.37. The van der Waals surface area contributed by atoms with Crippen molar-refractivity contribution in [2.45, 2.75) is 25.8 Å². The maximum Gasteiger partial charge on any atom is 0.329 e. The minimum absolute atomic E-state index is 0.242. The Bertz CT molecular complexity index is 676. The summed E-state index contributed by atoms with van der Waals surface area (Å²) in [4.78, 5) is 37.1. The van der Waals surface area contributed by atoms with Crippen molar-refractivity contribution < 1.29 is 24.2 Å². The number of urea groups is 1. The second-order valence-electron chi connectivity index (χ2n) is 5.72. The van der Waals surface area contributed by atoms with Crippen LogP contribution in [0.15, 0.2) is 18.2 Å². The van der Waals surface area contributed by atoms with Crippen LogP contribution in [0, 0.1) is 0 Å². The highest BCUT2D eigenvalue weighted by Gasteiger charge is 2.33. The van der Waals surface area contributed by atoms with Gasteiger partial charge in [-0.05, 0) is 31.5 Å². The lowest BCUT2D eigenvalue weighted by Crippen LogP contribution is -2.51. The summed E-state index contributed by atoms with van der Waals surface area (Å²) < 4.78 is 5.25. The molecule has 1 aromatic carbocycles. The van der Waals surface area contributed by atoms with Crippen LogP contribution in [0.3, 0.4) is 0 Å². The van der Waals surface area contributed by atoms with Crippen molar-refractivity contribution in [1.29, 1.82) is 0 Å². The van der Waals surface area contributed by atoms with Crippen LogP contribution in [0.1, 0.15) is 30.6 Å². The first-order valence-electron chi connectivity index (χ1n) is 7.61. The van der Waals surface area contributed by atoms with E-state index in [0.717, 1.165) is 0 Å². The molecule has 24 heavy (non-hydrogen) atoms. The highest BCUT2D eigenvalue weighted by molar-refractivity contribution is 6.01. The van der Waals surface area contributed by atoms with Crippen LogP contribution in [-0.4, -0.2) is 48.8 Å². The number of nitrogens with zero attached hydrogens (tertiary/aromatic N) is 1. The standard InChI is InChI=1S/C16H21N3O5/c1-4-16(2,14(21)22)18-13(20)10-5-6-12(24-3)11(9-10)19-8-7-17-15(19)23/h5-6,9H,4,7-8H2,1-3H3,(H,17,23)(H,18,20)(H,21,22). The first kappa shape index (κ1) is 17.6. The second-order valence-corrected chi connectivity index (χ2v) is 5.72. The monoisotopic (exact) mass is 335 g/mol. The molecule has 1 aliphatic rings. The Balaban J connectivity index is 2.33. The normalized spacial score (nSPS) is 16.3. The predicted octanol–water partition coefficient (Wildman–Crippen LogP) is 1.21. The molecule has 0 radical (unpaired) electrons. The molecule has 1 aromatic rings. The lowest BCUT2D eigenvalue weighted by Gasteiger charge is -2.25. The fourth-order valence-electron chi connectivity index (χ4n) is 2.36. The van der Waals surface area contributed by atoms with E-state index in [9.17, 15) is 19.5 Å². The zero-order valence-corrected chi connectivity index (χ0v) is 13.9. The number of methoxy groups -OCH3 is 1. The van der Waals surface area contributed by atoms with Gasteiger partial charge in [0.1, 0.15) is 11.3 Å². The molecule has 1 heterocycles. The van der Waals surface area contributed by atoms with Crippen LogP contribution >= 0.6 is 0 Å². The Labute approximate surface area is 139 Å². The highest BCUT2D eigenvalue weighted by atomic mass is 16.5. The maximum atomic E-state index is 12.4. The summed E-state index contributed by atoms with van der Waals surface area (Å²) in [5, 5.41) is 14.5. The lowest BCUT2D eigenvalue weighted by atomic mass is 9.98. The Morgan fingerprint density at radius 2 is 2.17 bits per heavy atom. The van der Waals surface area contributed by atoms with Gasteiger partial charge in [-0.1, -0.05) is 6.92 Å². The lowest BCUT2D eigenvalue weighted by molar-refractivity contribution is -0.143. The van der Waals surface area contributed by atoms with Crippen LogP contribution in [-0.2, 0) is 4.79 Å². The first-order chi connectivity index (χ1) is 11.3. The molecule has 1 aliphatic heterocycles. The molecule has 0 bridgehead atoms. The first-order valence-corrected chi connectivity index (χ1v) is 7.61. The van der Waals surface area contributed by atoms with Crippen molar-refractivity contribution in [3.05, 3.63) is 23.8 Å². The molecule has 1 atom stereocenters. The van der Waals surface area contributed by atoms with E-state index in [0.29, 0.717) is 24.5 Å². The number of nitrogens with one attached hydrogen (secondary N) is 2. The van der Waals surface area contributed by atoms with E-state index in [2.05, 4.69) is 10.6 Å². The van der Waals surface area contributed by atoms with Gasteiger partial charge in [-0.3, -0.25) is 9.69 Å². The van der Waals surface area contributed by atoms with Gasteiger partial charge in [-0.25, -0.2) is 9.59 Å². The minimum Gasteiger partial charge on any atom is -0.495 e. The second kappa shape index (κ2) is 6.77. The number of benzene rings is 1. The van der Waals surface area contributed by atoms with Crippen molar-refractivity contribution in [2.75, 3.05) is 25.1 Å². The molecule has 130 valence electrons. The fourth-order valence-corrected chi connectivity index (χ4v) is 2.36. The van der Waals surface area contributed by atoms with Gasteiger partial charge in [0, 0.05) is 18.7 Å². The summed E-state index contributed by atoms with van der Waals surface area (Å²) >= 11 is 0. The summed E-state index contributed by atoms with van der Waals surface area (Å²) in [5.41, 5.74) is -0.637.